The molecule has 2 aromatic rings. The smallest absolute Gasteiger partial charge is 0.227 e. The average molecular weight is 297 g/mol. The van der Waals surface area contributed by atoms with E-state index in [9.17, 15) is 4.79 Å². The van der Waals surface area contributed by atoms with Crippen LogP contribution in [-0.4, -0.2) is 15.5 Å². The first-order valence-corrected chi connectivity index (χ1v) is 7.64. The molecular weight excluding hydrogens is 274 g/mol. The molecule has 4 heteroatoms. The summed E-state index contributed by atoms with van der Waals surface area (Å²) in [7, 11) is 0. The van der Waals surface area contributed by atoms with E-state index in [-0.39, 0.29) is 11.3 Å². The molecule has 0 aliphatic heterocycles. The number of pyridine rings is 1. The second-order valence-electron chi connectivity index (χ2n) is 7.20. The summed E-state index contributed by atoms with van der Waals surface area (Å²) < 4.78 is 2.15. The lowest BCUT2D eigenvalue weighted by molar-refractivity contribution is -0.123. The summed E-state index contributed by atoms with van der Waals surface area (Å²) in [5, 5.41) is 0. The Morgan fingerprint density at radius 1 is 1.18 bits per heavy atom. The lowest BCUT2D eigenvalue weighted by Crippen LogP contribution is -2.38. The van der Waals surface area contributed by atoms with Crippen LogP contribution in [0.3, 0.4) is 0 Å². The summed E-state index contributed by atoms with van der Waals surface area (Å²) >= 11 is 0. The first-order chi connectivity index (χ1) is 10.2. The summed E-state index contributed by atoms with van der Waals surface area (Å²) in [6.07, 6.45) is 2.54. The number of carbonyl (C=O) groups is 1. The molecule has 3 rings (SSSR count). The van der Waals surface area contributed by atoms with Crippen molar-refractivity contribution in [2.45, 2.75) is 51.9 Å². The minimum absolute atomic E-state index is 0.0754. The third kappa shape index (κ3) is 1.76. The minimum Gasteiger partial charge on any atom is -0.369 e. The van der Waals surface area contributed by atoms with Gasteiger partial charge in [-0.3, -0.25) is 4.79 Å². The number of nitrogens with zero attached hydrogens (tertiary/aromatic N) is 2. The largest absolute Gasteiger partial charge is 0.369 e. The van der Waals surface area contributed by atoms with Gasteiger partial charge in [0.15, 0.2) is 0 Å². The van der Waals surface area contributed by atoms with Crippen molar-refractivity contribution in [1.29, 1.82) is 0 Å². The molecule has 0 saturated carbocycles. The number of carbonyl (C=O) groups excluding carboxylic acids is 1. The quantitative estimate of drug-likeness (QED) is 0.926. The first-order valence-electron chi connectivity index (χ1n) is 7.64. The number of nitrogens with two attached hydrogens (primary N) is 1. The van der Waals surface area contributed by atoms with Crippen molar-refractivity contribution in [3.63, 3.8) is 0 Å². The monoisotopic (exact) mass is 297 g/mol. The molecule has 2 aromatic heterocycles. The highest BCUT2D eigenvalue weighted by Crippen LogP contribution is 2.53. The molecule has 0 radical (unpaired) electrons. The molecule has 1 amide bonds. The highest BCUT2D eigenvalue weighted by atomic mass is 16.1. The number of rotatable bonds is 2. The van der Waals surface area contributed by atoms with Crippen LogP contribution in [0.2, 0.25) is 0 Å². The topological polar surface area (TPSA) is 60.9 Å². The maximum atomic E-state index is 12.2. The predicted molar refractivity (Wildman–Crippen MR) is 87.2 cm³/mol. The third-order valence-corrected chi connectivity index (χ3v) is 5.09. The van der Waals surface area contributed by atoms with Gasteiger partial charge in [-0.1, -0.05) is 19.9 Å². The molecule has 0 aromatic carbocycles. The van der Waals surface area contributed by atoms with Crippen LogP contribution in [0.5, 0.6) is 0 Å². The van der Waals surface area contributed by atoms with Crippen molar-refractivity contribution < 1.29 is 4.79 Å². The van der Waals surface area contributed by atoms with Gasteiger partial charge in [0, 0.05) is 17.6 Å². The highest BCUT2D eigenvalue weighted by Gasteiger charge is 2.52. The van der Waals surface area contributed by atoms with Gasteiger partial charge in [0.05, 0.1) is 5.41 Å². The molecule has 1 aliphatic carbocycles. The number of primary amides is 1. The number of hydrogen-bond acceptors (Lipinski definition) is 2. The van der Waals surface area contributed by atoms with E-state index in [1.807, 2.05) is 25.1 Å². The lowest BCUT2D eigenvalue weighted by atomic mass is 9.79. The van der Waals surface area contributed by atoms with Gasteiger partial charge >= 0.3 is 0 Å². The van der Waals surface area contributed by atoms with E-state index >= 15 is 0 Å². The Labute approximate surface area is 131 Å². The van der Waals surface area contributed by atoms with Gasteiger partial charge < -0.3 is 10.3 Å². The van der Waals surface area contributed by atoms with Crippen molar-refractivity contribution >= 4 is 5.91 Å². The third-order valence-electron chi connectivity index (χ3n) is 5.09. The summed E-state index contributed by atoms with van der Waals surface area (Å²) in [6, 6.07) is 5.87. The molecular formula is C18H23N3O. The van der Waals surface area contributed by atoms with Crippen molar-refractivity contribution in [3.8, 4) is 5.82 Å². The second kappa shape index (κ2) is 4.45. The first kappa shape index (κ1) is 14.8. The zero-order valence-corrected chi connectivity index (χ0v) is 13.9. The molecule has 116 valence electrons. The van der Waals surface area contributed by atoms with E-state index in [2.05, 4.69) is 37.2 Å². The standard InChI is InChI=1S/C18H23N3O/c1-11-14-15(18(5,16(19)22)10-17(14,3)4)12(2)21(11)13-8-6-7-9-20-13/h6-9H,10H2,1-5H3,(H2,19,22). The molecule has 2 N–H and O–H groups in total. The van der Waals surface area contributed by atoms with Crippen LogP contribution in [0.4, 0.5) is 0 Å². The highest BCUT2D eigenvalue weighted by molar-refractivity contribution is 5.89. The molecule has 0 fully saturated rings. The fourth-order valence-electron chi connectivity index (χ4n) is 4.44. The van der Waals surface area contributed by atoms with Gasteiger partial charge in [-0.05, 0) is 55.9 Å². The van der Waals surface area contributed by atoms with E-state index in [0.717, 1.165) is 29.2 Å². The van der Waals surface area contributed by atoms with Gasteiger partial charge in [-0.15, -0.1) is 0 Å². The summed E-state index contributed by atoms with van der Waals surface area (Å²) in [6.45, 7) is 10.5. The Hall–Kier alpha value is -2.10. The second-order valence-corrected chi connectivity index (χ2v) is 7.20. The summed E-state index contributed by atoms with van der Waals surface area (Å²) in [5.74, 6) is 0.634. The maximum Gasteiger partial charge on any atom is 0.227 e. The average Bonchev–Trinajstić information content (AvgIpc) is 2.83. The van der Waals surface area contributed by atoms with Crippen molar-refractivity contribution in [3.05, 3.63) is 46.9 Å². The van der Waals surface area contributed by atoms with Gasteiger partial charge in [-0.2, -0.15) is 0 Å². The summed E-state index contributed by atoms with van der Waals surface area (Å²) in [5.41, 5.74) is 9.64. The van der Waals surface area contributed by atoms with E-state index in [1.165, 1.54) is 5.56 Å². The van der Waals surface area contributed by atoms with E-state index in [0.29, 0.717) is 0 Å². The molecule has 0 spiro atoms. The molecule has 1 aliphatic rings. The number of aromatic nitrogens is 2. The van der Waals surface area contributed by atoms with Crippen LogP contribution in [0.1, 0.15) is 49.7 Å². The zero-order valence-electron chi connectivity index (χ0n) is 13.9. The number of fused-ring (bicyclic) bond motifs is 1. The van der Waals surface area contributed by atoms with Gasteiger partial charge in [-0.25, -0.2) is 4.98 Å². The Bertz CT molecular complexity index is 758. The van der Waals surface area contributed by atoms with Gasteiger partial charge in [0.2, 0.25) is 5.91 Å². The zero-order chi connectivity index (χ0) is 16.3. The summed E-state index contributed by atoms with van der Waals surface area (Å²) in [4.78, 5) is 16.7. The minimum atomic E-state index is -0.617. The van der Waals surface area contributed by atoms with Crippen LogP contribution in [-0.2, 0) is 15.6 Å². The molecule has 22 heavy (non-hydrogen) atoms. The SMILES string of the molecule is Cc1c2c(c(C)n1-c1ccccn1)C(C)(C(N)=O)CC2(C)C. The molecule has 4 nitrogen and oxygen atoms in total. The molecule has 0 saturated heterocycles. The maximum absolute atomic E-state index is 12.2. The molecule has 1 unspecified atom stereocenters. The van der Waals surface area contributed by atoms with Crippen molar-refractivity contribution in [2.24, 2.45) is 5.73 Å². The number of amides is 1. The predicted octanol–water partition coefficient (Wildman–Crippen LogP) is 2.91. The lowest BCUT2D eigenvalue weighted by Gasteiger charge is -2.26. The Kier molecular flexibility index (Phi) is 3.00. The Morgan fingerprint density at radius 3 is 2.36 bits per heavy atom. The Morgan fingerprint density at radius 2 is 1.82 bits per heavy atom. The van der Waals surface area contributed by atoms with Crippen LogP contribution in [0.15, 0.2) is 24.4 Å². The Balaban J connectivity index is 2.36. The van der Waals surface area contributed by atoms with Crippen LogP contribution in [0.25, 0.3) is 5.82 Å². The fraction of sp³-hybridized carbons (Fsp3) is 0.444. The van der Waals surface area contributed by atoms with Crippen LogP contribution < -0.4 is 5.73 Å². The van der Waals surface area contributed by atoms with Gasteiger partial charge in [0.1, 0.15) is 5.82 Å². The molecule has 0 bridgehead atoms. The van der Waals surface area contributed by atoms with E-state index < -0.39 is 5.41 Å². The number of hydrogen-bond donors (Lipinski definition) is 1. The van der Waals surface area contributed by atoms with Crippen molar-refractivity contribution in [1.82, 2.24) is 9.55 Å². The molecule has 2 heterocycles. The van der Waals surface area contributed by atoms with Crippen LogP contribution in [0, 0.1) is 13.8 Å². The van der Waals surface area contributed by atoms with Crippen molar-refractivity contribution in [2.75, 3.05) is 0 Å². The van der Waals surface area contributed by atoms with E-state index in [1.54, 1.807) is 6.20 Å². The van der Waals surface area contributed by atoms with Crippen LogP contribution >= 0.6 is 0 Å². The van der Waals surface area contributed by atoms with E-state index in [4.69, 9.17) is 5.73 Å². The fourth-order valence-corrected chi connectivity index (χ4v) is 4.44. The van der Waals surface area contributed by atoms with Gasteiger partial charge in [0.25, 0.3) is 0 Å². The normalized spacial score (nSPS) is 22.6. The molecule has 1 atom stereocenters.